The van der Waals surface area contributed by atoms with Crippen molar-refractivity contribution in [1.29, 1.82) is 5.26 Å². The van der Waals surface area contributed by atoms with Crippen LogP contribution in [0.3, 0.4) is 0 Å². The summed E-state index contributed by atoms with van der Waals surface area (Å²) in [5.74, 6) is 1.86. The lowest BCUT2D eigenvalue weighted by Crippen LogP contribution is -2.21. The topological polar surface area (TPSA) is 125 Å². The van der Waals surface area contributed by atoms with Crippen LogP contribution < -0.4 is 29.4 Å². The van der Waals surface area contributed by atoms with Gasteiger partial charge in [-0.05, 0) is 30.3 Å². The Kier molecular flexibility index (Phi) is 5.52. The van der Waals surface area contributed by atoms with Crippen LogP contribution in [0.4, 0.5) is 0 Å². The number of nitrogens with zero attached hydrogens (tertiary/aromatic N) is 2. The van der Waals surface area contributed by atoms with Gasteiger partial charge in [0.25, 0.3) is 0 Å². The smallest absolute Gasteiger partial charge is 0.244 e. The van der Waals surface area contributed by atoms with Gasteiger partial charge in [0.15, 0.2) is 11.5 Å². The van der Waals surface area contributed by atoms with Gasteiger partial charge in [-0.3, -0.25) is 5.10 Å². The van der Waals surface area contributed by atoms with Gasteiger partial charge in [-0.15, -0.1) is 5.10 Å². The Hall–Kier alpha value is -4.32. The van der Waals surface area contributed by atoms with Crippen LogP contribution in [0.2, 0.25) is 0 Å². The second kappa shape index (κ2) is 8.43. The fourth-order valence-electron chi connectivity index (χ4n) is 3.81. The molecule has 1 atom stereocenters. The SMILES string of the molecule is COc1ccc(-c2[nH]nc3c2[C@H](c2cc(OC)c(OC)cc2OC)C(C#N)=C(N)O3)cc1. The average molecular weight is 434 g/mol. The van der Waals surface area contributed by atoms with E-state index in [4.69, 9.17) is 29.4 Å². The second-order valence-corrected chi connectivity index (χ2v) is 6.92. The summed E-state index contributed by atoms with van der Waals surface area (Å²) in [7, 11) is 6.23. The number of hydrogen-bond acceptors (Lipinski definition) is 8. The maximum Gasteiger partial charge on any atom is 0.244 e. The zero-order chi connectivity index (χ0) is 22.8. The van der Waals surface area contributed by atoms with Crippen LogP contribution in [-0.2, 0) is 0 Å². The van der Waals surface area contributed by atoms with Crippen molar-refractivity contribution in [1.82, 2.24) is 10.2 Å². The van der Waals surface area contributed by atoms with E-state index in [0.717, 1.165) is 11.3 Å². The minimum atomic E-state index is -0.616. The van der Waals surface area contributed by atoms with Crippen LogP contribution in [0.25, 0.3) is 11.3 Å². The first kappa shape index (κ1) is 20.9. The molecule has 0 radical (unpaired) electrons. The largest absolute Gasteiger partial charge is 0.497 e. The third-order valence-corrected chi connectivity index (χ3v) is 5.36. The summed E-state index contributed by atoms with van der Waals surface area (Å²) in [6.45, 7) is 0. The fourth-order valence-corrected chi connectivity index (χ4v) is 3.81. The van der Waals surface area contributed by atoms with E-state index in [-0.39, 0.29) is 17.3 Å². The Balaban J connectivity index is 1.97. The number of benzene rings is 2. The van der Waals surface area contributed by atoms with Gasteiger partial charge in [0.2, 0.25) is 11.8 Å². The van der Waals surface area contributed by atoms with E-state index in [1.54, 1.807) is 40.6 Å². The normalized spacial score (nSPS) is 14.8. The Morgan fingerprint density at radius 3 is 2.22 bits per heavy atom. The quantitative estimate of drug-likeness (QED) is 0.605. The molecule has 0 bridgehead atoms. The lowest BCUT2D eigenvalue weighted by Gasteiger charge is -2.26. The number of ether oxygens (including phenoxy) is 5. The van der Waals surface area contributed by atoms with Crippen molar-refractivity contribution in [3.05, 3.63) is 59.0 Å². The van der Waals surface area contributed by atoms with Crippen molar-refractivity contribution in [2.45, 2.75) is 5.92 Å². The number of hydrogen-bond donors (Lipinski definition) is 2. The molecule has 4 rings (SSSR count). The molecule has 0 saturated heterocycles. The Labute approximate surface area is 184 Å². The number of aromatic amines is 1. The average Bonchev–Trinajstić information content (AvgIpc) is 3.25. The summed E-state index contributed by atoms with van der Waals surface area (Å²) >= 11 is 0. The van der Waals surface area contributed by atoms with E-state index in [1.807, 2.05) is 24.3 Å². The van der Waals surface area contributed by atoms with E-state index in [1.165, 1.54) is 0 Å². The first-order valence-electron chi connectivity index (χ1n) is 9.66. The first-order valence-corrected chi connectivity index (χ1v) is 9.66. The molecule has 2 aromatic carbocycles. The summed E-state index contributed by atoms with van der Waals surface area (Å²) in [6, 6.07) is 13.1. The van der Waals surface area contributed by atoms with Crippen molar-refractivity contribution in [3.63, 3.8) is 0 Å². The molecular weight excluding hydrogens is 412 g/mol. The second-order valence-electron chi connectivity index (χ2n) is 6.92. The van der Waals surface area contributed by atoms with Gasteiger partial charge in [0, 0.05) is 17.2 Å². The number of fused-ring (bicyclic) bond motifs is 1. The van der Waals surface area contributed by atoms with Gasteiger partial charge in [-0.1, -0.05) is 0 Å². The van der Waals surface area contributed by atoms with Crippen LogP contribution in [0.15, 0.2) is 47.9 Å². The number of nitrogens with one attached hydrogen (secondary N) is 1. The summed E-state index contributed by atoms with van der Waals surface area (Å²) < 4.78 is 27.5. The highest BCUT2D eigenvalue weighted by Gasteiger charge is 2.37. The summed E-state index contributed by atoms with van der Waals surface area (Å²) in [5.41, 5.74) is 9.18. The van der Waals surface area contributed by atoms with Crippen LogP contribution in [0.1, 0.15) is 17.0 Å². The number of nitrogens with two attached hydrogens (primary N) is 1. The van der Waals surface area contributed by atoms with Gasteiger partial charge in [-0.2, -0.15) is 5.26 Å². The Morgan fingerprint density at radius 2 is 1.62 bits per heavy atom. The maximum absolute atomic E-state index is 9.97. The molecule has 0 spiro atoms. The molecule has 9 nitrogen and oxygen atoms in total. The van der Waals surface area contributed by atoms with Gasteiger partial charge in [-0.25, -0.2) is 0 Å². The standard InChI is InChI=1S/C23H22N4O5/c1-28-13-7-5-12(6-8-13)21-20-19(15(11-24)22(25)32-23(20)27-26-21)14-9-17(30-3)18(31-4)10-16(14)29-2/h5-10,19H,25H2,1-4H3,(H,26,27)/t19-/m1/s1. The first-order chi connectivity index (χ1) is 15.6. The third-order valence-electron chi connectivity index (χ3n) is 5.36. The van der Waals surface area contributed by atoms with Crippen molar-refractivity contribution in [3.8, 4) is 46.2 Å². The summed E-state index contributed by atoms with van der Waals surface area (Å²) in [5, 5.41) is 17.3. The highest BCUT2D eigenvalue weighted by Crippen LogP contribution is 2.50. The van der Waals surface area contributed by atoms with E-state index in [9.17, 15) is 5.26 Å². The minimum Gasteiger partial charge on any atom is -0.497 e. The molecule has 32 heavy (non-hydrogen) atoms. The Bertz CT molecular complexity index is 1220. The maximum atomic E-state index is 9.97. The Morgan fingerprint density at radius 1 is 0.969 bits per heavy atom. The molecule has 1 aliphatic heterocycles. The van der Waals surface area contributed by atoms with Crippen molar-refractivity contribution in [2.24, 2.45) is 5.73 Å². The minimum absolute atomic E-state index is 0.0189. The van der Waals surface area contributed by atoms with E-state index < -0.39 is 5.92 Å². The molecule has 0 saturated carbocycles. The molecule has 0 unspecified atom stereocenters. The highest BCUT2D eigenvalue weighted by atomic mass is 16.5. The van der Waals surface area contributed by atoms with Crippen LogP contribution in [0, 0.1) is 11.3 Å². The molecule has 0 aliphatic carbocycles. The monoisotopic (exact) mass is 434 g/mol. The lowest BCUT2D eigenvalue weighted by atomic mass is 9.82. The lowest BCUT2D eigenvalue weighted by molar-refractivity contribution is 0.346. The molecule has 2 heterocycles. The number of nitriles is 1. The predicted octanol–water partition coefficient (Wildman–Crippen LogP) is 3.33. The van der Waals surface area contributed by atoms with Crippen molar-refractivity contribution >= 4 is 0 Å². The molecule has 0 fully saturated rings. The third kappa shape index (κ3) is 3.32. The molecule has 164 valence electrons. The molecular formula is C23H22N4O5. The number of methoxy groups -OCH3 is 4. The van der Waals surface area contributed by atoms with Crippen LogP contribution in [0.5, 0.6) is 28.9 Å². The summed E-state index contributed by atoms with van der Waals surface area (Å²) in [6.07, 6.45) is 0. The van der Waals surface area contributed by atoms with Crippen molar-refractivity contribution < 1.29 is 23.7 Å². The molecule has 1 aliphatic rings. The molecule has 9 heteroatoms. The number of rotatable bonds is 6. The van der Waals surface area contributed by atoms with Gasteiger partial charge >= 0.3 is 0 Å². The molecule has 3 aromatic rings. The predicted molar refractivity (Wildman–Crippen MR) is 116 cm³/mol. The fraction of sp³-hybridized carbons (Fsp3) is 0.217. The highest BCUT2D eigenvalue weighted by molar-refractivity contribution is 5.72. The van der Waals surface area contributed by atoms with E-state index in [0.29, 0.717) is 34.1 Å². The van der Waals surface area contributed by atoms with Gasteiger partial charge < -0.3 is 29.4 Å². The molecule has 0 amide bonds. The zero-order valence-electron chi connectivity index (χ0n) is 18.1. The summed E-state index contributed by atoms with van der Waals surface area (Å²) in [4.78, 5) is 0. The molecule has 1 aromatic heterocycles. The number of allylic oxidation sites excluding steroid dienone is 1. The van der Waals surface area contributed by atoms with Crippen molar-refractivity contribution in [2.75, 3.05) is 28.4 Å². The molecule has 3 N–H and O–H groups in total. The van der Waals surface area contributed by atoms with Gasteiger partial charge in [0.1, 0.15) is 23.1 Å². The van der Waals surface area contributed by atoms with E-state index >= 15 is 0 Å². The van der Waals surface area contributed by atoms with Gasteiger partial charge in [0.05, 0.1) is 45.6 Å². The number of aromatic nitrogens is 2. The number of H-pyrrole nitrogens is 1. The van der Waals surface area contributed by atoms with Crippen LogP contribution in [-0.4, -0.2) is 38.6 Å². The zero-order valence-corrected chi connectivity index (χ0v) is 18.1. The van der Waals surface area contributed by atoms with E-state index in [2.05, 4.69) is 16.3 Å². The van der Waals surface area contributed by atoms with Crippen LogP contribution >= 0.6 is 0 Å².